The minimum absolute atomic E-state index is 0.0100. The van der Waals surface area contributed by atoms with Gasteiger partial charge < -0.3 is 9.73 Å². The van der Waals surface area contributed by atoms with Gasteiger partial charge in [0.05, 0.1) is 11.8 Å². The van der Waals surface area contributed by atoms with Crippen LogP contribution in [0.2, 0.25) is 0 Å². The molecule has 1 saturated carbocycles. The van der Waals surface area contributed by atoms with Gasteiger partial charge in [0.2, 0.25) is 0 Å². The highest BCUT2D eigenvalue weighted by Gasteiger charge is 2.43. The summed E-state index contributed by atoms with van der Waals surface area (Å²) in [6, 6.07) is 3.38. The number of hydrogen-bond donors (Lipinski definition) is 1. The molecule has 3 nitrogen and oxygen atoms in total. The van der Waals surface area contributed by atoms with Crippen molar-refractivity contribution in [2.45, 2.75) is 18.4 Å². The molecule has 0 saturated heterocycles. The Bertz CT molecular complexity index is 303. The van der Waals surface area contributed by atoms with Crippen molar-refractivity contribution in [2.24, 2.45) is 0 Å². The zero-order chi connectivity index (χ0) is 9.31. The number of carbonyl (C=O) groups excluding carboxylic acids is 1. The van der Waals surface area contributed by atoms with Gasteiger partial charge in [-0.05, 0) is 25.0 Å². The average molecular weight is 244 g/mol. The number of amides is 1. The van der Waals surface area contributed by atoms with Crippen LogP contribution in [-0.4, -0.2) is 16.8 Å². The number of nitrogens with one attached hydrogen (secondary N) is 1. The molecule has 1 aromatic rings. The molecule has 1 N–H and O–H groups in total. The number of rotatable bonds is 3. The quantitative estimate of drug-likeness (QED) is 0.825. The van der Waals surface area contributed by atoms with Gasteiger partial charge >= 0.3 is 0 Å². The first-order chi connectivity index (χ1) is 6.26. The second-order valence-electron chi connectivity index (χ2n) is 3.35. The average Bonchev–Trinajstić information content (AvgIpc) is 2.69. The molecule has 0 bridgehead atoms. The number of furan rings is 1. The van der Waals surface area contributed by atoms with Gasteiger partial charge in [-0.2, -0.15) is 0 Å². The maximum Gasteiger partial charge on any atom is 0.287 e. The molecule has 4 heteroatoms. The molecule has 70 valence electrons. The van der Waals surface area contributed by atoms with Crippen LogP contribution in [0.5, 0.6) is 0 Å². The zero-order valence-corrected chi connectivity index (χ0v) is 8.63. The van der Waals surface area contributed by atoms with Crippen LogP contribution in [0.15, 0.2) is 22.8 Å². The smallest absolute Gasteiger partial charge is 0.287 e. The Hall–Kier alpha value is -0.770. The van der Waals surface area contributed by atoms with Gasteiger partial charge in [-0.15, -0.1) is 0 Å². The molecule has 1 aliphatic rings. The van der Waals surface area contributed by atoms with Crippen LogP contribution in [0, 0.1) is 0 Å². The maximum atomic E-state index is 11.5. The zero-order valence-electron chi connectivity index (χ0n) is 7.05. The van der Waals surface area contributed by atoms with Crippen LogP contribution in [0.1, 0.15) is 23.4 Å². The molecule has 0 unspecified atom stereocenters. The van der Waals surface area contributed by atoms with Gasteiger partial charge in [0, 0.05) is 5.33 Å². The summed E-state index contributed by atoms with van der Waals surface area (Å²) in [6.07, 6.45) is 3.60. The van der Waals surface area contributed by atoms with E-state index >= 15 is 0 Å². The first kappa shape index (κ1) is 8.81. The van der Waals surface area contributed by atoms with E-state index in [1.807, 2.05) is 0 Å². The van der Waals surface area contributed by atoms with Crippen molar-refractivity contribution in [2.75, 3.05) is 5.33 Å². The van der Waals surface area contributed by atoms with E-state index in [9.17, 15) is 4.79 Å². The summed E-state index contributed by atoms with van der Waals surface area (Å²) >= 11 is 3.38. The molecule has 1 fully saturated rings. The first-order valence-electron chi connectivity index (χ1n) is 4.18. The number of hydrogen-bond acceptors (Lipinski definition) is 2. The molecular weight excluding hydrogens is 234 g/mol. The molecule has 13 heavy (non-hydrogen) atoms. The lowest BCUT2D eigenvalue weighted by Gasteiger charge is -2.12. The Morgan fingerprint density at radius 1 is 1.69 bits per heavy atom. The van der Waals surface area contributed by atoms with Crippen LogP contribution in [0.4, 0.5) is 0 Å². The van der Waals surface area contributed by atoms with Gasteiger partial charge in [-0.25, -0.2) is 0 Å². The molecule has 1 aromatic heterocycles. The third-order valence-electron chi connectivity index (χ3n) is 2.23. The van der Waals surface area contributed by atoms with Crippen LogP contribution in [0.3, 0.4) is 0 Å². The van der Waals surface area contributed by atoms with E-state index in [0.29, 0.717) is 5.76 Å². The molecule has 1 heterocycles. The third kappa shape index (κ3) is 1.77. The highest BCUT2D eigenvalue weighted by atomic mass is 79.9. The normalized spacial score (nSPS) is 18.2. The number of alkyl halides is 1. The van der Waals surface area contributed by atoms with Gasteiger partial charge in [0.1, 0.15) is 0 Å². The largest absolute Gasteiger partial charge is 0.459 e. The van der Waals surface area contributed by atoms with Gasteiger partial charge in [-0.3, -0.25) is 4.79 Å². The lowest BCUT2D eigenvalue weighted by atomic mass is 10.3. The Balaban J connectivity index is 2.00. The molecular formula is C9H10BrNO2. The van der Waals surface area contributed by atoms with Crippen LogP contribution >= 0.6 is 15.9 Å². The third-order valence-corrected chi connectivity index (χ3v) is 3.31. The molecule has 0 aliphatic heterocycles. The SMILES string of the molecule is O=C(NC1(CBr)CC1)c1ccco1. The monoisotopic (exact) mass is 243 g/mol. The van der Waals surface area contributed by atoms with E-state index in [1.54, 1.807) is 12.1 Å². The molecule has 0 spiro atoms. The summed E-state index contributed by atoms with van der Waals surface area (Å²) in [4.78, 5) is 11.5. The Morgan fingerprint density at radius 2 is 2.46 bits per heavy atom. The molecule has 1 aliphatic carbocycles. The van der Waals surface area contributed by atoms with E-state index in [0.717, 1.165) is 18.2 Å². The van der Waals surface area contributed by atoms with E-state index in [2.05, 4.69) is 21.2 Å². The summed E-state index contributed by atoms with van der Waals surface area (Å²) in [5.41, 5.74) is -0.0100. The van der Waals surface area contributed by atoms with Crippen molar-refractivity contribution in [1.29, 1.82) is 0 Å². The predicted molar refractivity (Wildman–Crippen MR) is 51.9 cm³/mol. The van der Waals surface area contributed by atoms with E-state index in [-0.39, 0.29) is 11.4 Å². The molecule has 0 radical (unpaired) electrons. The lowest BCUT2D eigenvalue weighted by Crippen LogP contribution is -2.37. The number of carbonyl (C=O) groups is 1. The van der Waals surface area contributed by atoms with Crippen molar-refractivity contribution in [3.63, 3.8) is 0 Å². The van der Waals surface area contributed by atoms with Crippen LogP contribution in [0.25, 0.3) is 0 Å². The van der Waals surface area contributed by atoms with E-state index in [1.165, 1.54) is 6.26 Å². The lowest BCUT2D eigenvalue weighted by molar-refractivity contribution is 0.0908. The van der Waals surface area contributed by atoms with Gasteiger partial charge in [-0.1, -0.05) is 15.9 Å². The molecule has 0 aromatic carbocycles. The van der Waals surface area contributed by atoms with E-state index in [4.69, 9.17) is 4.42 Å². The highest BCUT2D eigenvalue weighted by molar-refractivity contribution is 9.09. The predicted octanol–water partition coefficient (Wildman–Crippen LogP) is 1.94. The van der Waals surface area contributed by atoms with Crippen LogP contribution in [-0.2, 0) is 0 Å². The summed E-state index contributed by atoms with van der Waals surface area (Å²) in [5, 5.41) is 3.75. The maximum absolute atomic E-state index is 11.5. The van der Waals surface area contributed by atoms with Gasteiger partial charge in [0.25, 0.3) is 5.91 Å². The minimum atomic E-state index is -0.123. The second-order valence-corrected chi connectivity index (χ2v) is 3.91. The minimum Gasteiger partial charge on any atom is -0.459 e. The first-order valence-corrected chi connectivity index (χ1v) is 5.30. The molecule has 2 rings (SSSR count). The van der Waals surface area contributed by atoms with Crippen molar-refractivity contribution in [3.8, 4) is 0 Å². The Kier molecular flexibility index (Phi) is 2.15. The van der Waals surface area contributed by atoms with Crippen molar-refractivity contribution in [1.82, 2.24) is 5.32 Å². The fraction of sp³-hybridized carbons (Fsp3) is 0.444. The van der Waals surface area contributed by atoms with Crippen molar-refractivity contribution >= 4 is 21.8 Å². The van der Waals surface area contributed by atoms with Crippen LogP contribution < -0.4 is 5.32 Å². The van der Waals surface area contributed by atoms with Crippen molar-refractivity contribution in [3.05, 3.63) is 24.2 Å². The Morgan fingerprint density at radius 3 is 2.92 bits per heavy atom. The fourth-order valence-electron chi connectivity index (χ4n) is 1.15. The standard InChI is InChI=1S/C9H10BrNO2/c10-6-9(3-4-9)11-8(12)7-2-1-5-13-7/h1-2,5H,3-4,6H2,(H,11,12). The summed E-state index contributed by atoms with van der Waals surface area (Å²) in [7, 11) is 0. The molecule has 1 amide bonds. The summed E-state index contributed by atoms with van der Waals surface area (Å²) in [6.45, 7) is 0. The summed E-state index contributed by atoms with van der Waals surface area (Å²) in [5.74, 6) is 0.258. The topological polar surface area (TPSA) is 42.2 Å². The fourth-order valence-corrected chi connectivity index (χ4v) is 1.85. The Labute approximate surface area is 84.6 Å². The van der Waals surface area contributed by atoms with Crippen molar-refractivity contribution < 1.29 is 9.21 Å². The number of halogens is 1. The van der Waals surface area contributed by atoms with E-state index < -0.39 is 0 Å². The second kappa shape index (κ2) is 3.18. The molecule has 0 atom stereocenters. The van der Waals surface area contributed by atoms with Gasteiger partial charge in [0.15, 0.2) is 5.76 Å². The summed E-state index contributed by atoms with van der Waals surface area (Å²) < 4.78 is 4.99. The highest BCUT2D eigenvalue weighted by Crippen LogP contribution is 2.37.